The first kappa shape index (κ1) is 24.6. The van der Waals surface area contributed by atoms with E-state index >= 15 is 0 Å². The van der Waals surface area contributed by atoms with Gasteiger partial charge in [-0.3, -0.25) is 4.99 Å². The number of hydrogen-bond acceptors (Lipinski definition) is 5. The van der Waals surface area contributed by atoms with Gasteiger partial charge in [-0.15, -0.1) is 35.3 Å². The van der Waals surface area contributed by atoms with E-state index in [2.05, 4.69) is 27.5 Å². The molecule has 0 spiro atoms. The third-order valence-corrected chi connectivity index (χ3v) is 5.43. The number of thiazole rings is 1. The van der Waals surface area contributed by atoms with E-state index in [-0.39, 0.29) is 24.0 Å². The highest BCUT2D eigenvalue weighted by molar-refractivity contribution is 14.0. The Morgan fingerprint density at radius 3 is 2.74 bits per heavy atom. The van der Waals surface area contributed by atoms with E-state index in [9.17, 15) is 0 Å². The number of aliphatic imine (C=N–C) groups is 1. The van der Waals surface area contributed by atoms with E-state index < -0.39 is 0 Å². The molecule has 0 amide bonds. The molecule has 1 aromatic rings. The number of piperidine rings is 1. The average Bonchev–Trinajstić information content (AvgIpc) is 3.07. The minimum Gasteiger partial charge on any atom is -0.385 e. The lowest BCUT2D eigenvalue weighted by Crippen LogP contribution is -2.47. The van der Waals surface area contributed by atoms with Crippen molar-refractivity contribution in [2.75, 3.05) is 46.5 Å². The number of rotatable bonds is 10. The van der Waals surface area contributed by atoms with E-state index in [1.165, 1.54) is 5.01 Å². The second-order valence-corrected chi connectivity index (χ2v) is 7.57. The molecule has 1 aromatic heterocycles. The van der Waals surface area contributed by atoms with Crippen LogP contribution in [0.25, 0.3) is 0 Å². The molecule has 0 aromatic carbocycles. The van der Waals surface area contributed by atoms with Gasteiger partial charge in [-0.25, -0.2) is 4.98 Å². The fourth-order valence-electron chi connectivity index (χ4n) is 3.05. The summed E-state index contributed by atoms with van der Waals surface area (Å²) in [5.41, 5.74) is 1.12. The molecule has 1 N–H and O–H groups in total. The summed E-state index contributed by atoms with van der Waals surface area (Å²) in [7, 11) is 1.73. The van der Waals surface area contributed by atoms with Crippen molar-refractivity contribution in [2.45, 2.75) is 52.1 Å². The minimum atomic E-state index is 0. The fraction of sp³-hybridized carbons (Fsp3) is 0.789. The monoisotopic (exact) mass is 510 g/mol. The Morgan fingerprint density at radius 2 is 2.11 bits per heavy atom. The van der Waals surface area contributed by atoms with Crippen LogP contribution in [0.1, 0.15) is 43.3 Å². The van der Waals surface area contributed by atoms with E-state index in [0.29, 0.717) is 6.10 Å². The summed E-state index contributed by atoms with van der Waals surface area (Å²) in [4.78, 5) is 11.7. The number of aryl methyl sites for hydroxylation is 2. The molecule has 156 valence electrons. The molecule has 1 saturated heterocycles. The summed E-state index contributed by atoms with van der Waals surface area (Å²) in [6.45, 7) is 9.50. The van der Waals surface area contributed by atoms with Gasteiger partial charge in [-0.2, -0.15) is 0 Å². The molecule has 1 aliphatic heterocycles. The van der Waals surface area contributed by atoms with E-state index in [0.717, 1.165) is 83.2 Å². The summed E-state index contributed by atoms with van der Waals surface area (Å²) in [5, 5.41) is 6.77. The number of halogens is 1. The first-order valence-corrected chi connectivity index (χ1v) is 10.7. The van der Waals surface area contributed by atoms with Crippen LogP contribution in [0.15, 0.2) is 10.4 Å². The van der Waals surface area contributed by atoms with E-state index in [1.54, 1.807) is 18.4 Å². The molecule has 0 unspecified atom stereocenters. The quantitative estimate of drug-likeness (QED) is 0.226. The lowest BCUT2D eigenvalue weighted by Gasteiger charge is -2.34. The number of nitrogens with one attached hydrogen (secondary N) is 1. The molecule has 0 radical (unpaired) electrons. The molecule has 6 nitrogen and oxygen atoms in total. The van der Waals surface area contributed by atoms with Crippen molar-refractivity contribution in [3.63, 3.8) is 0 Å². The summed E-state index contributed by atoms with van der Waals surface area (Å²) in [6, 6.07) is 0. The number of ether oxygens (including phenoxy) is 2. The van der Waals surface area contributed by atoms with Crippen molar-refractivity contribution in [2.24, 2.45) is 4.99 Å². The van der Waals surface area contributed by atoms with Gasteiger partial charge in [0.15, 0.2) is 5.96 Å². The smallest absolute Gasteiger partial charge is 0.193 e. The van der Waals surface area contributed by atoms with Crippen LogP contribution in [0, 0.1) is 6.92 Å². The van der Waals surface area contributed by atoms with Gasteiger partial charge in [0.1, 0.15) is 0 Å². The molecule has 27 heavy (non-hydrogen) atoms. The van der Waals surface area contributed by atoms with Crippen LogP contribution in [0.4, 0.5) is 0 Å². The molecule has 8 heteroatoms. The minimum absolute atomic E-state index is 0. The Labute approximate surface area is 185 Å². The number of hydrogen-bond donors (Lipinski definition) is 1. The zero-order valence-electron chi connectivity index (χ0n) is 16.9. The van der Waals surface area contributed by atoms with Crippen molar-refractivity contribution < 1.29 is 9.47 Å². The number of nitrogens with zero attached hydrogens (tertiary/aromatic N) is 3. The maximum Gasteiger partial charge on any atom is 0.193 e. The zero-order chi connectivity index (χ0) is 18.6. The van der Waals surface area contributed by atoms with Crippen molar-refractivity contribution >= 4 is 41.3 Å². The Bertz CT molecular complexity index is 534. The normalized spacial score (nSPS) is 15.7. The van der Waals surface area contributed by atoms with Gasteiger partial charge in [0.05, 0.1) is 11.1 Å². The first-order chi connectivity index (χ1) is 12.7. The Balaban J connectivity index is 0.00000364. The van der Waals surface area contributed by atoms with Crippen LogP contribution in [0.3, 0.4) is 0 Å². The van der Waals surface area contributed by atoms with Crippen LogP contribution in [0.5, 0.6) is 0 Å². The highest BCUT2D eigenvalue weighted by Gasteiger charge is 2.21. The summed E-state index contributed by atoms with van der Waals surface area (Å²) >= 11 is 1.75. The van der Waals surface area contributed by atoms with E-state index in [1.807, 2.05) is 6.92 Å². The van der Waals surface area contributed by atoms with Gasteiger partial charge >= 0.3 is 0 Å². The van der Waals surface area contributed by atoms with Crippen LogP contribution < -0.4 is 5.32 Å². The first-order valence-electron chi connectivity index (χ1n) is 9.77. The predicted molar refractivity (Wildman–Crippen MR) is 124 cm³/mol. The maximum atomic E-state index is 5.95. The number of methoxy groups -OCH3 is 1. The number of guanidine groups is 1. The molecule has 0 aliphatic carbocycles. The third-order valence-electron chi connectivity index (χ3n) is 4.40. The van der Waals surface area contributed by atoms with E-state index in [4.69, 9.17) is 14.5 Å². The van der Waals surface area contributed by atoms with Gasteiger partial charge in [-0.1, -0.05) is 0 Å². The third kappa shape index (κ3) is 9.54. The van der Waals surface area contributed by atoms with Crippen LogP contribution in [-0.2, 0) is 15.9 Å². The predicted octanol–water partition coefficient (Wildman–Crippen LogP) is 3.49. The summed E-state index contributed by atoms with van der Waals surface area (Å²) < 4.78 is 11.0. The molecular weight excluding hydrogens is 475 g/mol. The fourth-order valence-corrected chi connectivity index (χ4v) is 3.86. The average molecular weight is 510 g/mol. The van der Waals surface area contributed by atoms with Gasteiger partial charge in [0.25, 0.3) is 0 Å². The molecule has 2 heterocycles. The number of likely N-dealkylation sites (tertiary alicyclic amines) is 1. The topological polar surface area (TPSA) is 59.0 Å². The lowest BCUT2D eigenvalue weighted by atomic mass is 10.1. The van der Waals surface area contributed by atoms with Crippen molar-refractivity contribution in [3.8, 4) is 0 Å². The van der Waals surface area contributed by atoms with Crippen molar-refractivity contribution in [3.05, 3.63) is 16.1 Å². The molecule has 0 saturated carbocycles. The number of aromatic nitrogens is 1. The Hall–Kier alpha value is -0.450. The Kier molecular flexibility index (Phi) is 13.2. The molecule has 1 fully saturated rings. The standard InChI is InChI=1S/C19H34N4O2S.HI/c1-4-20-19(21-10-5-7-18-22-16(2)15-26-18)23-11-8-17(9-12-23)25-14-6-13-24-3;/h15,17H,4-14H2,1-3H3,(H,20,21);1H. The second-order valence-electron chi connectivity index (χ2n) is 6.63. The summed E-state index contributed by atoms with van der Waals surface area (Å²) in [5.74, 6) is 1.04. The Morgan fingerprint density at radius 1 is 1.33 bits per heavy atom. The molecule has 0 atom stereocenters. The van der Waals surface area contributed by atoms with Gasteiger partial charge in [0, 0.05) is 64.0 Å². The SMILES string of the molecule is CCNC(=NCCCc1nc(C)cs1)N1CCC(OCCCOC)CC1.I. The molecule has 2 rings (SSSR count). The van der Waals surface area contributed by atoms with Gasteiger partial charge < -0.3 is 19.7 Å². The van der Waals surface area contributed by atoms with Crippen LogP contribution in [0.2, 0.25) is 0 Å². The highest BCUT2D eigenvalue weighted by atomic mass is 127. The largest absolute Gasteiger partial charge is 0.385 e. The second kappa shape index (κ2) is 14.5. The van der Waals surface area contributed by atoms with Crippen LogP contribution in [-0.4, -0.2) is 68.4 Å². The lowest BCUT2D eigenvalue weighted by molar-refractivity contribution is 0.00990. The molecular formula is C19H35IN4O2S. The van der Waals surface area contributed by atoms with Crippen molar-refractivity contribution in [1.29, 1.82) is 0 Å². The van der Waals surface area contributed by atoms with Crippen molar-refractivity contribution in [1.82, 2.24) is 15.2 Å². The zero-order valence-corrected chi connectivity index (χ0v) is 20.1. The van der Waals surface area contributed by atoms with Gasteiger partial charge in [-0.05, 0) is 39.5 Å². The van der Waals surface area contributed by atoms with Crippen LogP contribution >= 0.6 is 35.3 Å². The highest BCUT2D eigenvalue weighted by Crippen LogP contribution is 2.15. The molecule has 0 bridgehead atoms. The van der Waals surface area contributed by atoms with Gasteiger partial charge in [0.2, 0.25) is 0 Å². The summed E-state index contributed by atoms with van der Waals surface area (Å²) in [6.07, 6.45) is 5.53. The maximum absolute atomic E-state index is 5.95. The molecule has 1 aliphatic rings.